The average Bonchev–Trinajstić information content (AvgIpc) is 1.94. The van der Waals surface area contributed by atoms with Crippen molar-refractivity contribution in [1.82, 2.24) is 0 Å². The highest BCUT2D eigenvalue weighted by molar-refractivity contribution is 6.76. The van der Waals surface area contributed by atoms with E-state index >= 15 is 0 Å². The lowest BCUT2D eigenvalue weighted by Crippen LogP contribution is -2.17. The number of nitriles is 1. The van der Waals surface area contributed by atoms with Crippen LogP contribution in [0.2, 0.25) is 25.7 Å². The van der Waals surface area contributed by atoms with Crippen LogP contribution in [0.3, 0.4) is 0 Å². The lowest BCUT2D eigenvalue weighted by Gasteiger charge is -2.11. The van der Waals surface area contributed by atoms with Crippen molar-refractivity contribution in [1.29, 1.82) is 5.26 Å². The number of hydrogen-bond donors (Lipinski definition) is 0. The molecule has 0 aliphatic heterocycles. The second kappa shape index (κ2) is 6.02. The molecule has 0 amide bonds. The van der Waals surface area contributed by atoms with E-state index in [1.165, 1.54) is 6.04 Å². The Labute approximate surface area is 77.1 Å². The zero-order chi connectivity index (χ0) is 9.45. The molecule has 0 atom stereocenters. The maximum absolute atomic E-state index is 8.28. The van der Waals surface area contributed by atoms with Gasteiger partial charge in [-0.05, 0) is 18.9 Å². The third-order valence-corrected chi connectivity index (χ3v) is 3.02. The summed E-state index contributed by atoms with van der Waals surface area (Å²) in [6, 6.07) is 3.41. The van der Waals surface area contributed by atoms with Gasteiger partial charge >= 0.3 is 0 Å². The Kier molecular flexibility index (Phi) is 5.74. The summed E-state index contributed by atoms with van der Waals surface area (Å²) in [5.41, 5.74) is 0. The van der Waals surface area contributed by atoms with Gasteiger partial charge in [0.25, 0.3) is 0 Å². The summed E-state index contributed by atoms with van der Waals surface area (Å²) in [7, 11) is -0.878. The summed E-state index contributed by atoms with van der Waals surface area (Å²) in [5.74, 6) is 0. The third-order valence-electron chi connectivity index (χ3n) is 1.56. The predicted octanol–water partition coefficient (Wildman–Crippen LogP) is 3.57. The molecule has 2 heteroatoms. The van der Waals surface area contributed by atoms with E-state index in [9.17, 15) is 0 Å². The van der Waals surface area contributed by atoms with Crippen molar-refractivity contribution in [2.75, 3.05) is 0 Å². The Hall–Kier alpha value is -0.553. The first-order chi connectivity index (χ1) is 5.56. The number of nitrogens with zero attached hydrogens (tertiary/aromatic N) is 1. The Morgan fingerprint density at radius 2 is 1.92 bits per heavy atom. The quantitative estimate of drug-likeness (QED) is 0.361. The van der Waals surface area contributed by atoms with Crippen molar-refractivity contribution in [2.24, 2.45) is 0 Å². The molecule has 0 unspecified atom stereocenters. The SMILES string of the molecule is C[Si](C)(C)CC=CCCCC#N. The first-order valence-electron chi connectivity index (χ1n) is 4.58. The number of hydrogen-bond acceptors (Lipinski definition) is 1. The van der Waals surface area contributed by atoms with E-state index in [1.54, 1.807) is 0 Å². The molecular weight excluding hydrogens is 162 g/mol. The van der Waals surface area contributed by atoms with Crippen LogP contribution in [0.1, 0.15) is 19.3 Å². The molecule has 0 rings (SSSR count). The minimum absolute atomic E-state index is 0.692. The van der Waals surface area contributed by atoms with Gasteiger partial charge in [0, 0.05) is 14.5 Å². The number of unbranched alkanes of at least 4 members (excludes halogenated alkanes) is 2. The first-order valence-corrected chi connectivity index (χ1v) is 8.29. The molecule has 0 saturated heterocycles. The molecule has 0 aliphatic rings. The van der Waals surface area contributed by atoms with E-state index in [2.05, 4.69) is 37.9 Å². The molecule has 68 valence electrons. The van der Waals surface area contributed by atoms with Crippen LogP contribution >= 0.6 is 0 Å². The van der Waals surface area contributed by atoms with Crippen molar-refractivity contribution in [3.63, 3.8) is 0 Å². The fraction of sp³-hybridized carbons (Fsp3) is 0.700. The molecule has 12 heavy (non-hydrogen) atoms. The van der Waals surface area contributed by atoms with Crippen molar-refractivity contribution < 1.29 is 0 Å². The van der Waals surface area contributed by atoms with Gasteiger partial charge in [-0.15, -0.1) is 0 Å². The molecule has 0 bridgehead atoms. The molecule has 0 saturated carbocycles. The molecule has 0 spiro atoms. The molecule has 0 aromatic heterocycles. The lowest BCUT2D eigenvalue weighted by atomic mass is 10.2. The van der Waals surface area contributed by atoms with Crippen molar-refractivity contribution in [3.8, 4) is 6.07 Å². The van der Waals surface area contributed by atoms with Gasteiger partial charge in [-0.25, -0.2) is 0 Å². The number of allylic oxidation sites excluding steroid dienone is 2. The van der Waals surface area contributed by atoms with Crippen LogP contribution in [0.25, 0.3) is 0 Å². The van der Waals surface area contributed by atoms with Crippen LogP contribution in [-0.4, -0.2) is 8.07 Å². The van der Waals surface area contributed by atoms with Gasteiger partial charge in [-0.1, -0.05) is 31.8 Å². The maximum atomic E-state index is 8.28. The summed E-state index contributed by atoms with van der Waals surface area (Å²) >= 11 is 0. The predicted molar refractivity (Wildman–Crippen MR) is 56.8 cm³/mol. The second-order valence-electron chi connectivity index (χ2n) is 4.29. The molecule has 0 N–H and O–H groups in total. The van der Waals surface area contributed by atoms with Gasteiger partial charge in [0.1, 0.15) is 0 Å². The summed E-state index contributed by atoms with van der Waals surface area (Å²) in [6.45, 7) is 7.10. The van der Waals surface area contributed by atoms with Crippen LogP contribution in [0, 0.1) is 11.3 Å². The normalized spacial score (nSPS) is 11.8. The first kappa shape index (κ1) is 11.4. The fourth-order valence-corrected chi connectivity index (χ4v) is 1.73. The van der Waals surface area contributed by atoms with Crippen LogP contribution in [0.15, 0.2) is 12.2 Å². The molecule has 0 aliphatic carbocycles. The van der Waals surface area contributed by atoms with Crippen molar-refractivity contribution in [2.45, 2.75) is 44.9 Å². The van der Waals surface area contributed by atoms with Crippen molar-refractivity contribution >= 4 is 8.07 Å². The van der Waals surface area contributed by atoms with Crippen LogP contribution in [-0.2, 0) is 0 Å². The zero-order valence-corrected chi connectivity index (χ0v) is 9.43. The zero-order valence-electron chi connectivity index (χ0n) is 8.43. The maximum Gasteiger partial charge on any atom is 0.0621 e. The molecule has 0 aromatic rings. The van der Waals surface area contributed by atoms with E-state index in [0.717, 1.165) is 12.8 Å². The Morgan fingerprint density at radius 1 is 1.25 bits per heavy atom. The van der Waals surface area contributed by atoms with Crippen LogP contribution in [0.4, 0.5) is 0 Å². The highest BCUT2D eigenvalue weighted by atomic mass is 28.3. The average molecular weight is 181 g/mol. The monoisotopic (exact) mass is 181 g/mol. The van der Waals surface area contributed by atoms with E-state index in [-0.39, 0.29) is 0 Å². The topological polar surface area (TPSA) is 23.8 Å². The summed E-state index contributed by atoms with van der Waals surface area (Å²) in [5, 5.41) is 8.28. The molecule has 0 aromatic carbocycles. The lowest BCUT2D eigenvalue weighted by molar-refractivity contribution is 0.875. The number of rotatable bonds is 5. The summed E-state index contributed by atoms with van der Waals surface area (Å²) < 4.78 is 0. The second-order valence-corrected chi connectivity index (χ2v) is 9.82. The third kappa shape index (κ3) is 9.45. The van der Waals surface area contributed by atoms with E-state index < -0.39 is 8.07 Å². The highest BCUT2D eigenvalue weighted by Crippen LogP contribution is 2.09. The summed E-state index contributed by atoms with van der Waals surface area (Å²) in [6.07, 6.45) is 7.27. The van der Waals surface area contributed by atoms with Crippen LogP contribution in [0.5, 0.6) is 0 Å². The smallest absolute Gasteiger partial charge is 0.0621 e. The Balaban J connectivity index is 3.33. The molecule has 0 heterocycles. The van der Waals surface area contributed by atoms with Gasteiger partial charge in [0.2, 0.25) is 0 Å². The van der Waals surface area contributed by atoms with Crippen LogP contribution < -0.4 is 0 Å². The Morgan fingerprint density at radius 3 is 2.42 bits per heavy atom. The molecular formula is C10H19NSi. The highest BCUT2D eigenvalue weighted by Gasteiger charge is 2.08. The molecule has 0 fully saturated rings. The van der Waals surface area contributed by atoms with Gasteiger partial charge < -0.3 is 0 Å². The summed E-state index contributed by atoms with van der Waals surface area (Å²) in [4.78, 5) is 0. The minimum Gasteiger partial charge on any atom is -0.198 e. The van der Waals surface area contributed by atoms with Gasteiger partial charge in [-0.2, -0.15) is 5.26 Å². The fourth-order valence-electron chi connectivity index (χ4n) is 0.854. The van der Waals surface area contributed by atoms with E-state index in [0.29, 0.717) is 6.42 Å². The molecule has 0 radical (unpaired) electrons. The van der Waals surface area contributed by atoms with E-state index in [1.807, 2.05) is 0 Å². The standard InChI is InChI=1S/C10H19NSi/c1-12(2,3)10-8-6-4-5-7-9-11/h6,8H,4-5,7,10H2,1-3H3. The molecule has 1 nitrogen and oxygen atoms in total. The van der Waals surface area contributed by atoms with Gasteiger partial charge in [0.05, 0.1) is 6.07 Å². The Bertz CT molecular complexity index is 171. The van der Waals surface area contributed by atoms with Crippen molar-refractivity contribution in [3.05, 3.63) is 12.2 Å². The minimum atomic E-state index is -0.878. The van der Waals surface area contributed by atoms with Gasteiger partial charge in [0.15, 0.2) is 0 Å². The van der Waals surface area contributed by atoms with E-state index in [4.69, 9.17) is 5.26 Å². The largest absolute Gasteiger partial charge is 0.198 e. The van der Waals surface area contributed by atoms with Gasteiger partial charge in [-0.3, -0.25) is 0 Å².